The zero-order chi connectivity index (χ0) is 13.0. The van der Waals surface area contributed by atoms with Crippen LogP contribution in [0.25, 0.3) is 0 Å². The molecule has 0 aromatic carbocycles. The van der Waals surface area contributed by atoms with E-state index in [-0.39, 0.29) is 11.6 Å². The maximum atomic E-state index is 11.8. The molecule has 2 aromatic rings. The van der Waals surface area contributed by atoms with Crippen molar-refractivity contribution in [2.45, 2.75) is 0 Å². The van der Waals surface area contributed by atoms with Crippen LogP contribution in [0.4, 0.5) is 11.6 Å². The van der Waals surface area contributed by atoms with Crippen molar-refractivity contribution in [2.75, 3.05) is 17.7 Å². The van der Waals surface area contributed by atoms with E-state index in [9.17, 15) is 4.79 Å². The minimum Gasteiger partial charge on any atom is -0.372 e. The highest BCUT2D eigenvalue weighted by Gasteiger charge is 2.09. The fourth-order valence-electron chi connectivity index (χ4n) is 1.13. The van der Waals surface area contributed by atoms with Crippen LogP contribution in [0, 0.1) is 0 Å². The van der Waals surface area contributed by atoms with Crippen molar-refractivity contribution in [2.24, 2.45) is 0 Å². The second kappa shape index (κ2) is 5.50. The Kier molecular flexibility index (Phi) is 3.78. The molecular weight excluding hydrogens is 300 g/mol. The van der Waals surface area contributed by atoms with E-state index < -0.39 is 0 Å². The second-order valence-corrected chi connectivity index (χ2v) is 4.03. The van der Waals surface area contributed by atoms with E-state index in [1.54, 1.807) is 7.05 Å². The van der Waals surface area contributed by atoms with Crippen molar-refractivity contribution in [3.8, 4) is 0 Å². The number of halogens is 1. The van der Waals surface area contributed by atoms with Crippen molar-refractivity contribution in [1.29, 1.82) is 0 Å². The molecule has 0 bridgehead atoms. The summed E-state index contributed by atoms with van der Waals surface area (Å²) in [6, 6.07) is 0. The van der Waals surface area contributed by atoms with E-state index >= 15 is 0 Å². The van der Waals surface area contributed by atoms with Crippen molar-refractivity contribution >= 4 is 33.5 Å². The number of amides is 1. The van der Waals surface area contributed by atoms with Gasteiger partial charge in [-0.2, -0.15) is 0 Å². The molecule has 0 aliphatic rings. The minimum atomic E-state index is -0.387. The van der Waals surface area contributed by atoms with Gasteiger partial charge in [0.05, 0.1) is 24.8 Å². The van der Waals surface area contributed by atoms with E-state index in [0.717, 1.165) is 0 Å². The first kappa shape index (κ1) is 12.4. The van der Waals surface area contributed by atoms with Crippen LogP contribution in [0.2, 0.25) is 0 Å². The smallest absolute Gasteiger partial charge is 0.277 e. The lowest BCUT2D eigenvalue weighted by Crippen LogP contribution is -2.15. The number of nitrogens with zero attached hydrogens (tertiary/aromatic N) is 4. The van der Waals surface area contributed by atoms with Gasteiger partial charge in [0.25, 0.3) is 5.91 Å². The normalized spacial score (nSPS) is 9.89. The van der Waals surface area contributed by atoms with Gasteiger partial charge in [-0.05, 0) is 15.9 Å². The van der Waals surface area contributed by atoms with E-state index in [1.165, 1.54) is 24.8 Å². The van der Waals surface area contributed by atoms with Gasteiger partial charge in [-0.25, -0.2) is 19.9 Å². The summed E-state index contributed by atoms with van der Waals surface area (Å²) in [6.07, 6.45) is 5.79. The quantitative estimate of drug-likeness (QED) is 0.888. The van der Waals surface area contributed by atoms with Gasteiger partial charge in [0, 0.05) is 7.05 Å². The highest BCUT2D eigenvalue weighted by atomic mass is 79.9. The summed E-state index contributed by atoms with van der Waals surface area (Å²) >= 11 is 3.16. The summed E-state index contributed by atoms with van der Waals surface area (Å²) < 4.78 is 0.596. The van der Waals surface area contributed by atoms with Crippen LogP contribution in [-0.2, 0) is 0 Å². The molecule has 92 valence electrons. The molecule has 0 unspecified atom stereocenters. The molecule has 18 heavy (non-hydrogen) atoms. The number of anilines is 2. The Morgan fingerprint density at radius 1 is 1.06 bits per heavy atom. The average Bonchev–Trinajstić information content (AvgIpc) is 2.41. The molecule has 0 fully saturated rings. The molecule has 0 aliphatic heterocycles. The van der Waals surface area contributed by atoms with Gasteiger partial charge in [0.15, 0.2) is 5.82 Å². The Morgan fingerprint density at radius 3 is 2.33 bits per heavy atom. The van der Waals surface area contributed by atoms with Gasteiger partial charge >= 0.3 is 0 Å². The van der Waals surface area contributed by atoms with Crippen LogP contribution < -0.4 is 10.6 Å². The van der Waals surface area contributed by atoms with Crippen molar-refractivity contribution < 1.29 is 4.79 Å². The lowest BCUT2D eigenvalue weighted by atomic mass is 10.4. The zero-order valence-electron chi connectivity index (χ0n) is 9.38. The largest absolute Gasteiger partial charge is 0.372 e. The predicted octanol–water partition coefficient (Wildman–Crippen LogP) is 1.32. The number of carbonyl (C=O) groups excluding carboxylic acids is 1. The number of hydrogen-bond donors (Lipinski definition) is 2. The van der Waals surface area contributed by atoms with Crippen molar-refractivity contribution in [1.82, 2.24) is 19.9 Å². The number of hydrogen-bond acceptors (Lipinski definition) is 6. The molecule has 2 aromatic heterocycles. The average molecular weight is 309 g/mol. The Bertz CT molecular complexity index is 541. The molecule has 2 N–H and O–H groups in total. The van der Waals surface area contributed by atoms with Crippen molar-refractivity contribution in [3.63, 3.8) is 0 Å². The monoisotopic (exact) mass is 308 g/mol. The third-order valence-corrected chi connectivity index (χ3v) is 2.41. The van der Waals surface area contributed by atoms with Crippen LogP contribution in [0.15, 0.2) is 29.4 Å². The number of aromatic nitrogens is 4. The van der Waals surface area contributed by atoms with Gasteiger partial charge in [-0.1, -0.05) is 0 Å². The molecule has 0 saturated carbocycles. The molecule has 0 radical (unpaired) electrons. The first-order valence-corrected chi connectivity index (χ1v) is 5.77. The molecule has 7 nitrogen and oxygen atoms in total. The van der Waals surface area contributed by atoms with Gasteiger partial charge in [-0.15, -0.1) is 0 Å². The molecule has 2 heterocycles. The van der Waals surface area contributed by atoms with E-state index in [1.807, 2.05) is 0 Å². The summed E-state index contributed by atoms with van der Waals surface area (Å²) in [5, 5.41) is 5.38. The third-order valence-electron chi connectivity index (χ3n) is 2.00. The summed E-state index contributed by atoms with van der Waals surface area (Å²) in [6.45, 7) is 0. The Hall–Kier alpha value is -2.09. The lowest BCUT2D eigenvalue weighted by molar-refractivity contribution is 0.102. The standard InChI is InChI=1S/C10H9BrN6O/c1-12-8-4-13-6(2-15-8)10(18)17-9-5-14-7(11)3-16-9/h2-5H,1H3,(H,12,15)(H,16,17,18). The Labute approximate surface area is 111 Å². The number of nitrogens with one attached hydrogen (secondary N) is 2. The highest BCUT2D eigenvalue weighted by molar-refractivity contribution is 9.10. The Balaban J connectivity index is 2.09. The predicted molar refractivity (Wildman–Crippen MR) is 69.3 cm³/mol. The molecule has 8 heteroatoms. The van der Waals surface area contributed by atoms with E-state index in [0.29, 0.717) is 16.2 Å². The van der Waals surface area contributed by atoms with Crippen LogP contribution in [0.1, 0.15) is 10.5 Å². The van der Waals surface area contributed by atoms with Crippen LogP contribution >= 0.6 is 15.9 Å². The van der Waals surface area contributed by atoms with Gasteiger partial charge < -0.3 is 10.6 Å². The first-order chi connectivity index (χ1) is 8.69. The van der Waals surface area contributed by atoms with E-state index in [4.69, 9.17) is 0 Å². The van der Waals surface area contributed by atoms with Gasteiger partial charge in [0.2, 0.25) is 0 Å². The highest BCUT2D eigenvalue weighted by Crippen LogP contribution is 2.07. The van der Waals surface area contributed by atoms with Crippen molar-refractivity contribution in [3.05, 3.63) is 35.1 Å². The minimum absolute atomic E-state index is 0.207. The van der Waals surface area contributed by atoms with Crippen LogP contribution in [0.3, 0.4) is 0 Å². The van der Waals surface area contributed by atoms with Gasteiger partial charge in [0.1, 0.15) is 16.1 Å². The SMILES string of the molecule is CNc1cnc(C(=O)Nc2cnc(Br)cn2)cn1. The first-order valence-electron chi connectivity index (χ1n) is 4.98. The topological polar surface area (TPSA) is 92.7 Å². The fourth-order valence-corrected chi connectivity index (χ4v) is 1.34. The van der Waals surface area contributed by atoms with Crippen LogP contribution in [-0.4, -0.2) is 32.9 Å². The second-order valence-electron chi connectivity index (χ2n) is 3.22. The molecule has 0 aliphatic carbocycles. The third kappa shape index (κ3) is 2.98. The molecule has 0 saturated heterocycles. The maximum Gasteiger partial charge on any atom is 0.277 e. The van der Waals surface area contributed by atoms with E-state index in [2.05, 4.69) is 46.5 Å². The summed E-state index contributed by atoms with van der Waals surface area (Å²) in [4.78, 5) is 27.7. The zero-order valence-corrected chi connectivity index (χ0v) is 11.0. The lowest BCUT2D eigenvalue weighted by Gasteiger charge is -2.03. The molecule has 1 amide bonds. The summed E-state index contributed by atoms with van der Waals surface area (Å²) in [7, 11) is 1.72. The molecule has 0 atom stereocenters. The maximum absolute atomic E-state index is 11.8. The van der Waals surface area contributed by atoms with Crippen LogP contribution in [0.5, 0.6) is 0 Å². The summed E-state index contributed by atoms with van der Waals surface area (Å²) in [5.41, 5.74) is 0.207. The summed E-state index contributed by atoms with van der Waals surface area (Å²) in [5.74, 6) is 0.555. The fraction of sp³-hybridized carbons (Fsp3) is 0.100. The number of rotatable bonds is 3. The molecule has 0 spiro atoms. The molecule has 2 rings (SSSR count). The number of carbonyl (C=O) groups is 1. The van der Waals surface area contributed by atoms with Gasteiger partial charge in [-0.3, -0.25) is 4.79 Å². The molecular formula is C10H9BrN6O. The Morgan fingerprint density at radius 2 is 1.78 bits per heavy atom.